The number of carbonyl (C=O) groups excluding carboxylic acids is 1. The highest BCUT2D eigenvalue weighted by molar-refractivity contribution is 8.00. The van der Waals surface area contributed by atoms with E-state index < -0.39 is 0 Å². The summed E-state index contributed by atoms with van der Waals surface area (Å²) in [7, 11) is 0. The van der Waals surface area contributed by atoms with Crippen LogP contribution in [-0.2, 0) is 4.79 Å². The number of hydrazine groups is 1. The van der Waals surface area contributed by atoms with Gasteiger partial charge in [-0.15, -0.1) is 0 Å². The van der Waals surface area contributed by atoms with Gasteiger partial charge in [0.1, 0.15) is 0 Å². The third-order valence-corrected chi connectivity index (χ3v) is 4.10. The third-order valence-electron chi connectivity index (χ3n) is 2.61. The van der Waals surface area contributed by atoms with Gasteiger partial charge in [-0.2, -0.15) is 11.8 Å². The number of nitrogens with two attached hydrogens (primary N) is 1. The lowest BCUT2D eigenvalue weighted by Gasteiger charge is -2.23. The molecule has 1 aliphatic carbocycles. The summed E-state index contributed by atoms with van der Waals surface area (Å²) in [6.07, 6.45) is 7.27. The minimum absolute atomic E-state index is 0.0548. The maximum atomic E-state index is 11.0. The van der Waals surface area contributed by atoms with E-state index in [1.807, 2.05) is 11.8 Å². The van der Waals surface area contributed by atoms with E-state index in [9.17, 15) is 4.79 Å². The van der Waals surface area contributed by atoms with Crippen LogP contribution in [0.25, 0.3) is 0 Å². The molecule has 1 rings (SSSR count). The number of rotatable bonds is 4. The summed E-state index contributed by atoms with van der Waals surface area (Å²) < 4.78 is 0. The normalized spacial score (nSPS) is 20.4. The second-order valence-electron chi connectivity index (χ2n) is 3.98. The fourth-order valence-corrected chi connectivity index (χ4v) is 3.41. The Labute approximate surface area is 90.2 Å². The van der Waals surface area contributed by atoms with Crippen LogP contribution in [0.5, 0.6) is 0 Å². The van der Waals surface area contributed by atoms with E-state index in [1.165, 1.54) is 32.1 Å². The fraction of sp³-hybridized carbons (Fsp3) is 0.900. The zero-order chi connectivity index (χ0) is 10.4. The third kappa shape index (κ3) is 4.33. The minimum Gasteiger partial charge on any atom is -0.294 e. The molecule has 0 saturated heterocycles. The van der Waals surface area contributed by atoms with Gasteiger partial charge in [-0.05, 0) is 12.8 Å². The van der Waals surface area contributed by atoms with Crippen molar-refractivity contribution in [1.29, 1.82) is 0 Å². The van der Waals surface area contributed by atoms with E-state index in [2.05, 4.69) is 12.3 Å². The van der Waals surface area contributed by atoms with E-state index in [4.69, 9.17) is 5.84 Å². The smallest absolute Gasteiger partial charge is 0.234 e. The van der Waals surface area contributed by atoms with Crippen LogP contribution in [0.2, 0.25) is 0 Å². The summed E-state index contributed by atoms with van der Waals surface area (Å²) >= 11 is 1.95. The van der Waals surface area contributed by atoms with Crippen LogP contribution in [0.4, 0.5) is 0 Å². The molecule has 0 radical (unpaired) electrons. The number of hydrogen-bond donors (Lipinski definition) is 2. The van der Waals surface area contributed by atoms with Crippen molar-refractivity contribution in [3.05, 3.63) is 0 Å². The van der Waals surface area contributed by atoms with Crippen molar-refractivity contribution in [3.63, 3.8) is 0 Å². The zero-order valence-corrected chi connectivity index (χ0v) is 9.61. The maximum Gasteiger partial charge on any atom is 0.234 e. The first-order valence-electron chi connectivity index (χ1n) is 5.37. The number of carbonyl (C=O) groups is 1. The summed E-state index contributed by atoms with van der Waals surface area (Å²) in [6, 6.07) is 0. The van der Waals surface area contributed by atoms with Crippen LogP contribution >= 0.6 is 11.8 Å². The summed E-state index contributed by atoms with van der Waals surface area (Å²) in [5.41, 5.74) is 2.18. The fourth-order valence-electron chi connectivity index (χ4n) is 1.90. The highest BCUT2D eigenvalue weighted by atomic mass is 32.2. The molecule has 0 bridgehead atoms. The topological polar surface area (TPSA) is 55.1 Å². The maximum absolute atomic E-state index is 11.0. The Hall–Kier alpha value is -0.220. The molecule has 0 heterocycles. The number of hydrogen-bond acceptors (Lipinski definition) is 3. The molecule has 0 spiro atoms. The van der Waals surface area contributed by atoms with Gasteiger partial charge in [-0.1, -0.05) is 26.2 Å². The van der Waals surface area contributed by atoms with Gasteiger partial charge in [0.15, 0.2) is 0 Å². The van der Waals surface area contributed by atoms with Crippen molar-refractivity contribution in [1.82, 2.24) is 5.43 Å². The predicted molar refractivity (Wildman–Crippen MR) is 60.9 cm³/mol. The average molecular weight is 216 g/mol. The van der Waals surface area contributed by atoms with Crippen LogP contribution in [0.15, 0.2) is 0 Å². The lowest BCUT2D eigenvalue weighted by molar-refractivity contribution is -0.121. The largest absolute Gasteiger partial charge is 0.294 e. The molecule has 1 fully saturated rings. The average Bonchev–Trinajstić information content (AvgIpc) is 2.19. The first-order chi connectivity index (χ1) is 6.72. The molecule has 82 valence electrons. The highest BCUT2D eigenvalue weighted by Crippen LogP contribution is 2.31. The molecule has 1 aliphatic rings. The van der Waals surface area contributed by atoms with Crippen molar-refractivity contribution < 1.29 is 4.79 Å². The van der Waals surface area contributed by atoms with Crippen molar-refractivity contribution in [2.75, 3.05) is 0 Å². The summed E-state index contributed by atoms with van der Waals surface area (Å²) in [6.45, 7) is 2.11. The van der Waals surface area contributed by atoms with Crippen LogP contribution in [-0.4, -0.2) is 16.4 Å². The molecule has 4 heteroatoms. The second kappa shape index (κ2) is 6.30. The molecule has 1 amide bonds. The van der Waals surface area contributed by atoms with E-state index in [0.717, 1.165) is 5.25 Å². The van der Waals surface area contributed by atoms with E-state index in [-0.39, 0.29) is 5.91 Å². The molecule has 0 aromatic heterocycles. The first kappa shape index (κ1) is 11.9. The van der Waals surface area contributed by atoms with Gasteiger partial charge in [0, 0.05) is 16.9 Å². The van der Waals surface area contributed by atoms with Gasteiger partial charge in [0.25, 0.3) is 0 Å². The Balaban J connectivity index is 2.18. The summed E-state index contributed by atoms with van der Waals surface area (Å²) in [5, 5.41) is 1.16. The predicted octanol–water partition coefficient (Wildman–Crippen LogP) is 1.82. The number of amides is 1. The Morgan fingerprint density at radius 1 is 1.50 bits per heavy atom. The molecular formula is C10H20N2OS. The van der Waals surface area contributed by atoms with Gasteiger partial charge in [0.2, 0.25) is 5.91 Å². The Kier molecular flexibility index (Phi) is 5.33. The molecule has 1 saturated carbocycles. The molecule has 14 heavy (non-hydrogen) atoms. The van der Waals surface area contributed by atoms with Crippen molar-refractivity contribution in [2.24, 2.45) is 5.84 Å². The molecule has 3 N–H and O–H groups in total. The molecule has 3 nitrogen and oxygen atoms in total. The molecular weight excluding hydrogens is 196 g/mol. The monoisotopic (exact) mass is 216 g/mol. The standard InChI is InChI=1S/C10H20N2OS/c1-8(7-10(13)12-11)14-9-5-3-2-4-6-9/h8-9H,2-7,11H2,1H3,(H,12,13). The van der Waals surface area contributed by atoms with Gasteiger partial charge >= 0.3 is 0 Å². The SMILES string of the molecule is CC(CC(=O)NN)SC1CCCCC1. The Bertz CT molecular complexity index is 181. The molecule has 0 aliphatic heterocycles. The van der Waals surface area contributed by atoms with Crippen LogP contribution in [0, 0.1) is 0 Å². The van der Waals surface area contributed by atoms with E-state index >= 15 is 0 Å². The van der Waals surface area contributed by atoms with Crippen molar-refractivity contribution in [3.8, 4) is 0 Å². The van der Waals surface area contributed by atoms with Gasteiger partial charge in [0.05, 0.1) is 0 Å². The van der Waals surface area contributed by atoms with Gasteiger partial charge in [-0.3, -0.25) is 10.2 Å². The lowest BCUT2D eigenvalue weighted by atomic mass is 10.0. The quantitative estimate of drug-likeness (QED) is 0.428. The van der Waals surface area contributed by atoms with Crippen LogP contribution in [0.1, 0.15) is 45.4 Å². The first-order valence-corrected chi connectivity index (χ1v) is 6.31. The van der Waals surface area contributed by atoms with Gasteiger partial charge in [-0.25, -0.2) is 5.84 Å². The summed E-state index contributed by atoms with van der Waals surface area (Å²) in [5.74, 6) is 4.99. The Morgan fingerprint density at radius 2 is 2.14 bits per heavy atom. The van der Waals surface area contributed by atoms with Gasteiger partial charge < -0.3 is 0 Å². The zero-order valence-electron chi connectivity index (χ0n) is 8.79. The molecule has 0 aromatic carbocycles. The van der Waals surface area contributed by atoms with E-state index in [0.29, 0.717) is 11.7 Å². The minimum atomic E-state index is -0.0548. The number of thioether (sulfide) groups is 1. The molecule has 1 atom stereocenters. The van der Waals surface area contributed by atoms with Crippen molar-refractivity contribution in [2.45, 2.75) is 55.9 Å². The van der Waals surface area contributed by atoms with E-state index in [1.54, 1.807) is 0 Å². The van der Waals surface area contributed by atoms with Crippen molar-refractivity contribution >= 4 is 17.7 Å². The molecule has 0 aromatic rings. The molecule has 1 unspecified atom stereocenters. The van der Waals surface area contributed by atoms with Crippen LogP contribution in [0.3, 0.4) is 0 Å². The number of nitrogens with one attached hydrogen (secondary N) is 1. The summed E-state index contributed by atoms with van der Waals surface area (Å²) in [4.78, 5) is 11.0. The Morgan fingerprint density at radius 3 is 2.71 bits per heavy atom. The van der Waals surface area contributed by atoms with Crippen LogP contribution < -0.4 is 11.3 Å². The lowest BCUT2D eigenvalue weighted by Crippen LogP contribution is -2.32. The highest BCUT2D eigenvalue weighted by Gasteiger charge is 2.18. The second-order valence-corrected chi connectivity index (χ2v) is 5.72.